The summed E-state index contributed by atoms with van der Waals surface area (Å²) in [4.78, 5) is 0. The molecule has 96 valence electrons. The number of nitrogens with one attached hydrogen (secondary N) is 1. The molecule has 1 aromatic carbocycles. The summed E-state index contributed by atoms with van der Waals surface area (Å²) in [7, 11) is 1.98. The molecule has 1 unspecified atom stereocenters. The molecule has 0 aliphatic carbocycles. The lowest BCUT2D eigenvalue weighted by molar-refractivity contribution is 0.505. The molecule has 0 heterocycles. The van der Waals surface area contributed by atoms with E-state index in [4.69, 9.17) is 23.2 Å². The van der Waals surface area contributed by atoms with Crippen LogP contribution in [-0.4, -0.2) is 7.05 Å². The Kier molecular flexibility index (Phi) is 6.94. The van der Waals surface area contributed by atoms with Crippen LogP contribution in [-0.2, 0) is 0 Å². The lowest BCUT2D eigenvalue weighted by Gasteiger charge is -2.18. The average Bonchev–Trinajstić information content (AvgIpc) is 2.31. The molecule has 0 bridgehead atoms. The van der Waals surface area contributed by atoms with E-state index in [1.54, 1.807) is 0 Å². The predicted molar refractivity (Wildman–Crippen MR) is 77.0 cm³/mol. The molecule has 0 aliphatic heterocycles. The predicted octanol–water partition coefficient (Wildman–Crippen LogP) is 5.22. The van der Waals surface area contributed by atoms with Gasteiger partial charge in [-0.05, 0) is 31.2 Å². The minimum atomic E-state index is 0.330. The lowest BCUT2D eigenvalue weighted by atomic mass is 10.00. The second kappa shape index (κ2) is 7.97. The second-order valence-electron chi connectivity index (χ2n) is 4.36. The van der Waals surface area contributed by atoms with Crippen LogP contribution in [0.4, 0.5) is 0 Å². The molecule has 0 saturated heterocycles. The fourth-order valence-electron chi connectivity index (χ4n) is 2.01. The van der Waals surface area contributed by atoms with E-state index in [0.29, 0.717) is 11.1 Å². The Morgan fingerprint density at radius 1 is 1.18 bits per heavy atom. The van der Waals surface area contributed by atoms with Crippen LogP contribution in [0, 0.1) is 0 Å². The van der Waals surface area contributed by atoms with Crippen LogP contribution in [0.1, 0.15) is 50.6 Å². The van der Waals surface area contributed by atoms with Gasteiger partial charge in [0.05, 0.1) is 0 Å². The van der Waals surface area contributed by atoms with Crippen molar-refractivity contribution in [3.63, 3.8) is 0 Å². The molecule has 3 heteroatoms. The van der Waals surface area contributed by atoms with Gasteiger partial charge in [0.25, 0.3) is 0 Å². The number of halogens is 2. The molecule has 0 fully saturated rings. The summed E-state index contributed by atoms with van der Waals surface area (Å²) in [5.74, 6) is 0. The van der Waals surface area contributed by atoms with Crippen LogP contribution < -0.4 is 5.32 Å². The van der Waals surface area contributed by atoms with E-state index in [1.807, 2.05) is 25.2 Å². The lowest BCUT2D eigenvalue weighted by Crippen LogP contribution is -2.16. The molecule has 0 saturated carbocycles. The maximum atomic E-state index is 6.22. The van der Waals surface area contributed by atoms with Gasteiger partial charge in [0, 0.05) is 16.1 Å². The second-order valence-corrected chi connectivity index (χ2v) is 5.20. The van der Waals surface area contributed by atoms with E-state index in [2.05, 4.69) is 12.2 Å². The number of unbranched alkanes of at least 4 members (excludes halogenated alkanes) is 3. The van der Waals surface area contributed by atoms with Gasteiger partial charge in [-0.15, -0.1) is 0 Å². The summed E-state index contributed by atoms with van der Waals surface area (Å²) in [6.45, 7) is 2.23. The summed E-state index contributed by atoms with van der Waals surface area (Å²) in [5, 5.41) is 4.78. The van der Waals surface area contributed by atoms with E-state index < -0.39 is 0 Å². The minimum absolute atomic E-state index is 0.330. The van der Waals surface area contributed by atoms with Crippen LogP contribution in [0.5, 0.6) is 0 Å². The summed E-state index contributed by atoms with van der Waals surface area (Å²) in [6, 6.07) is 6.07. The summed E-state index contributed by atoms with van der Waals surface area (Å²) in [5.41, 5.74) is 1.15. The summed E-state index contributed by atoms with van der Waals surface area (Å²) in [6.07, 6.45) is 6.23. The molecule has 0 radical (unpaired) electrons. The highest BCUT2D eigenvalue weighted by Gasteiger charge is 2.12. The van der Waals surface area contributed by atoms with Crippen molar-refractivity contribution >= 4 is 23.2 Å². The van der Waals surface area contributed by atoms with E-state index in [-0.39, 0.29) is 0 Å². The molecule has 17 heavy (non-hydrogen) atoms. The Bertz CT molecular complexity index is 339. The Hall–Kier alpha value is -0.240. The van der Waals surface area contributed by atoms with Crippen LogP contribution in [0.2, 0.25) is 10.0 Å². The smallest absolute Gasteiger partial charge is 0.0468 e. The SMILES string of the molecule is CCCCCCC(NC)c1ccc(Cl)cc1Cl. The Morgan fingerprint density at radius 2 is 1.94 bits per heavy atom. The van der Waals surface area contributed by atoms with Crippen molar-refractivity contribution in [2.75, 3.05) is 7.05 Å². The maximum absolute atomic E-state index is 6.22. The Balaban J connectivity index is 2.59. The fourth-order valence-corrected chi connectivity index (χ4v) is 2.55. The highest BCUT2D eigenvalue weighted by atomic mass is 35.5. The standard InChI is InChI=1S/C14H21Cl2N/c1-3-4-5-6-7-14(17-2)12-9-8-11(15)10-13(12)16/h8-10,14,17H,3-7H2,1-2H3. The normalized spacial score (nSPS) is 12.7. The molecule has 0 aromatic heterocycles. The van der Waals surface area contributed by atoms with Crippen molar-refractivity contribution in [3.05, 3.63) is 33.8 Å². The highest BCUT2D eigenvalue weighted by Crippen LogP contribution is 2.29. The van der Waals surface area contributed by atoms with E-state index in [9.17, 15) is 0 Å². The molecule has 0 spiro atoms. The zero-order chi connectivity index (χ0) is 12.7. The van der Waals surface area contributed by atoms with Gasteiger partial charge >= 0.3 is 0 Å². The van der Waals surface area contributed by atoms with Crippen LogP contribution >= 0.6 is 23.2 Å². The van der Waals surface area contributed by atoms with E-state index >= 15 is 0 Å². The third-order valence-electron chi connectivity index (χ3n) is 3.03. The van der Waals surface area contributed by atoms with E-state index in [0.717, 1.165) is 17.0 Å². The van der Waals surface area contributed by atoms with Crippen molar-refractivity contribution in [3.8, 4) is 0 Å². The quantitative estimate of drug-likeness (QED) is 0.672. The molecular weight excluding hydrogens is 253 g/mol. The molecule has 1 aromatic rings. The molecular formula is C14H21Cl2N. The molecule has 1 N–H and O–H groups in total. The van der Waals surface area contributed by atoms with Gasteiger partial charge in [0.1, 0.15) is 0 Å². The van der Waals surface area contributed by atoms with Gasteiger partial charge in [0.2, 0.25) is 0 Å². The van der Waals surface area contributed by atoms with Crippen LogP contribution in [0.15, 0.2) is 18.2 Å². The zero-order valence-corrected chi connectivity index (χ0v) is 12.1. The van der Waals surface area contributed by atoms with Gasteiger partial charge in [-0.1, -0.05) is 61.9 Å². The van der Waals surface area contributed by atoms with Gasteiger partial charge in [-0.3, -0.25) is 0 Å². The third kappa shape index (κ3) is 4.87. The minimum Gasteiger partial charge on any atom is -0.313 e. The van der Waals surface area contributed by atoms with Crippen molar-refractivity contribution in [2.45, 2.75) is 45.1 Å². The number of rotatable bonds is 7. The topological polar surface area (TPSA) is 12.0 Å². The summed E-state index contributed by atoms with van der Waals surface area (Å²) >= 11 is 12.1. The van der Waals surface area contributed by atoms with Crippen LogP contribution in [0.3, 0.4) is 0 Å². The average molecular weight is 274 g/mol. The van der Waals surface area contributed by atoms with Crippen molar-refractivity contribution in [2.24, 2.45) is 0 Å². The first kappa shape index (κ1) is 14.8. The van der Waals surface area contributed by atoms with Crippen LogP contribution in [0.25, 0.3) is 0 Å². The monoisotopic (exact) mass is 273 g/mol. The van der Waals surface area contributed by atoms with Gasteiger partial charge < -0.3 is 5.32 Å². The van der Waals surface area contributed by atoms with Crippen molar-refractivity contribution in [1.29, 1.82) is 0 Å². The number of benzene rings is 1. The fraction of sp³-hybridized carbons (Fsp3) is 0.571. The van der Waals surface area contributed by atoms with Gasteiger partial charge in [-0.2, -0.15) is 0 Å². The molecule has 0 aliphatic rings. The molecule has 1 atom stereocenters. The first-order valence-electron chi connectivity index (χ1n) is 6.31. The van der Waals surface area contributed by atoms with Gasteiger partial charge in [0.15, 0.2) is 0 Å². The highest BCUT2D eigenvalue weighted by molar-refractivity contribution is 6.35. The molecule has 1 rings (SSSR count). The van der Waals surface area contributed by atoms with E-state index in [1.165, 1.54) is 25.7 Å². The Labute approximate surface area is 115 Å². The first-order valence-corrected chi connectivity index (χ1v) is 7.06. The molecule has 1 nitrogen and oxygen atoms in total. The molecule has 0 amide bonds. The first-order chi connectivity index (χ1) is 8.19. The largest absolute Gasteiger partial charge is 0.313 e. The van der Waals surface area contributed by atoms with Gasteiger partial charge in [-0.25, -0.2) is 0 Å². The number of hydrogen-bond donors (Lipinski definition) is 1. The zero-order valence-electron chi connectivity index (χ0n) is 10.6. The van der Waals surface area contributed by atoms with Crippen molar-refractivity contribution < 1.29 is 0 Å². The van der Waals surface area contributed by atoms with Crippen molar-refractivity contribution in [1.82, 2.24) is 5.32 Å². The maximum Gasteiger partial charge on any atom is 0.0468 e. The third-order valence-corrected chi connectivity index (χ3v) is 3.60. The number of hydrogen-bond acceptors (Lipinski definition) is 1. The summed E-state index contributed by atoms with van der Waals surface area (Å²) < 4.78 is 0. The Morgan fingerprint density at radius 3 is 2.53 bits per heavy atom.